The van der Waals surface area contributed by atoms with Crippen molar-refractivity contribution in [3.8, 4) is 11.5 Å². The van der Waals surface area contributed by atoms with Crippen LogP contribution in [0.4, 0.5) is 0 Å². The van der Waals surface area contributed by atoms with Gasteiger partial charge in [-0.2, -0.15) is 0 Å². The normalized spacial score (nSPS) is 28.1. The lowest BCUT2D eigenvalue weighted by molar-refractivity contribution is -0.181. The van der Waals surface area contributed by atoms with Gasteiger partial charge in [0.1, 0.15) is 29.8 Å². The Balaban J connectivity index is 1.71. The Morgan fingerprint density at radius 2 is 1.90 bits per heavy atom. The monoisotopic (exact) mass is 414 g/mol. The second-order valence-corrected chi connectivity index (χ2v) is 8.35. The lowest BCUT2D eigenvalue weighted by atomic mass is 9.87. The summed E-state index contributed by atoms with van der Waals surface area (Å²) in [6, 6.07) is 10.1. The minimum atomic E-state index is -1.09. The van der Waals surface area contributed by atoms with Crippen molar-refractivity contribution in [1.29, 1.82) is 0 Å². The van der Waals surface area contributed by atoms with Crippen molar-refractivity contribution in [2.45, 2.75) is 63.6 Å². The molecule has 0 aliphatic carbocycles. The van der Waals surface area contributed by atoms with Crippen LogP contribution in [0.5, 0.6) is 11.5 Å². The lowest BCUT2D eigenvalue weighted by Crippen LogP contribution is -2.47. The van der Waals surface area contributed by atoms with Gasteiger partial charge in [-0.1, -0.05) is 12.1 Å². The van der Waals surface area contributed by atoms with Crippen molar-refractivity contribution in [3.05, 3.63) is 58.1 Å². The van der Waals surface area contributed by atoms with E-state index >= 15 is 0 Å². The Morgan fingerprint density at radius 3 is 2.57 bits per heavy atom. The molecule has 2 aromatic carbocycles. The van der Waals surface area contributed by atoms with E-state index in [1.807, 2.05) is 19.1 Å². The van der Waals surface area contributed by atoms with E-state index in [1.54, 1.807) is 7.11 Å². The van der Waals surface area contributed by atoms with Gasteiger partial charge >= 0.3 is 0 Å². The zero-order valence-electron chi connectivity index (χ0n) is 17.7. The predicted molar refractivity (Wildman–Crippen MR) is 112 cm³/mol. The Labute approximate surface area is 177 Å². The number of rotatable bonds is 5. The number of aliphatic hydroxyl groups excluding tert-OH is 3. The van der Waals surface area contributed by atoms with Gasteiger partial charge in [-0.15, -0.1) is 0 Å². The number of ether oxygens (including phenoxy) is 3. The summed E-state index contributed by atoms with van der Waals surface area (Å²) < 4.78 is 17.4. The number of hydrogen-bond acceptors (Lipinski definition) is 6. The van der Waals surface area contributed by atoms with Crippen LogP contribution in [0.1, 0.15) is 47.3 Å². The second-order valence-electron chi connectivity index (χ2n) is 8.35. The minimum Gasteiger partial charge on any atom is -0.497 e. The predicted octanol–water partition coefficient (Wildman–Crippen LogP) is 2.46. The van der Waals surface area contributed by atoms with Gasteiger partial charge in [-0.25, -0.2) is 0 Å². The first-order valence-corrected chi connectivity index (χ1v) is 10.5. The number of aliphatic hydroxyl groups is 3. The van der Waals surface area contributed by atoms with Crippen molar-refractivity contribution in [2.75, 3.05) is 13.7 Å². The highest BCUT2D eigenvalue weighted by atomic mass is 16.5. The largest absolute Gasteiger partial charge is 0.497 e. The molecule has 2 aliphatic heterocycles. The number of fused-ring (bicyclic) bond motifs is 1. The molecule has 30 heavy (non-hydrogen) atoms. The summed E-state index contributed by atoms with van der Waals surface area (Å²) >= 11 is 0. The van der Waals surface area contributed by atoms with Gasteiger partial charge in [-0.05, 0) is 55.2 Å². The van der Waals surface area contributed by atoms with Crippen LogP contribution in [0, 0.1) is 6.92 Å². The molecule has 3 N–H and O–H groups in total. The van der Waals surface area contributed by atoms with Crippen molar-refractivity contribution in [3.63, 3.8) is 0 Å². The highest BCUT2D eigenvalue weighted by molar-refractivity contribution is 5.54. The molecule has 2 heterocycles. The highest BCUT2D eigenvalue weighted by Crippen LogP contribution is 2.44. The zero-order chi connectivity index (χ0) is 21.4. The molecule has 2 aromatic rings. The smallest absolute Gasteiger partial charge is 0.129 e. The molecule has 0 aromatic heterocycles. The third-order valence-electron chi connectivity index (χ3n) is 6.26. The quantitative estimate of drug-likeness (QED) is 0.697. The summed E-state index contributed by atoms with van der Waals surface area (Å²) in [6.45, 7) is 3.82. The SMILES string of the molecule is COc1ccc(Cc2cc(C3CC(O)[C@H](O)C(CO)O3)c3c(c2C)CC(C)O3)cc1. The van der Waals surface area contributed by atoms with Gasteiger partial charge in [0.05, 0.1) is 25.9 Å². The molecule has 0 spiro atoms. The average Bonchev–Trinajstić information content (AvgIpc) is 3.14. The average molecular weight is 414 g/mol. The molecule has 4 rings (SSSR count). The molecule has 0 bridgehead atoms. The van der Waals surface area contributed by atoms with Gasteiger partial charge in [0.25, 0.3) is 0 Å². The summed E-state index contributed by atoms with van der Waals surface area (Å²) in [4.78, 5) is 0. The standard InChI is InChI=1S/C24H30O6/c1-13-8-18-14(2)16(9-15-4-6-17(28-3)7-5-15)10-19(24(18)29-13)21-11-20(26)23(27)22(12-25)30-21/h4-7,10,13,20-23,25-27H,8-9,11-12H2,1-3H3/t13?,20?,21?,22?,23-/m0/s1. The van der Waals surface area contributed by atoms with Gasteiger partial charge in [-0.3, -0.25) is 0 Å². The summed E-state index contributed by atoms with van der Waals surface area (Å²) in [5.74, 6) is 1.65. The van der Waals surface area contributed by atoms with Crippen LogP contribution in [-0.4, -0.2) is 53.5 Å². The fraction of sp³-hybridized carbons (Fsp3) is 0.500. The summed E-state index contributed by atoms with van der Waals surface area (Å²) in [5, 5.41) is 30.0. The molecular weight excluding hydrogens is 384 g/mol. The van der Waals surface area contributed by atoms with Gasteiger partial charge < -0.3 is 29.5 Å². The second kappa shape index (κ2) is 8.55. The maximum atomic E-state index is 10.3. The van der Waals surface area contributed by atoms with Crippen molar-refractivity contribution >= 4 is 0 Å². The molecule has 162 valence electrons. The van der Waals surface area contributed by atoms with Crippen LogP contribution in [0.25, 0.3) is 0 Å². The first-order chi connectivity index (χ1) is 14.4. The molecule has 1 saturated heterocycles. The molecule has 0 saturated carbocycles. The Bertz CT molecular complexity index is 894. The zero-order valence-corrected chi connectivity index (χ0v) is 17.7. The van der Waals surface area contributed by atoms with Crippen LogP contribution in [-0.2, 0) is 17.6 Å². The van der Waals surface area contributed by atoms with Crippen LogP contribution >= 0.6 is 0 Å². The fourth-order valence-corrected chi connectivity index (χ4v) is 4.51. The Morgan fingerprint density at radius 1 is 1.17 bits per heavy atom. The molecule has 0 amide bonds. The van der Waals surface area contributed by atoms with Crippen LogP contribution in [0.3, 0.4) is 0 Å². The van der Waals surface area contributed by atoms with Gasteiger partial charge in [0.15, 0.2) is 0 Å². The van der Waals surface area contributed by atoms with Crippen LogP contribution in [0.2, 0.25) is 0 Å². The first kappa shape index (κ1) is 21.1. The number of hydrogen-bond donors (Lipinski definition) is 3. The fourth-order valence-electron chi connectivity index (χ4n) is 4.51. The molecule has 2 aliphatic rings. The molecule has 4 unspecified atom stereocenters. The lowest BCUT2D eigenvalue weighted by Gasteiger charge is -2.37. The van der Waals surface area contributed by atoms with E-state index < -0.39 is 24.4 Å². The van der Waals surface area contributed by atoms with E-state index in [4.69, 9.17) is 14.2 Å². The Kier molecular flexibility index (Phi) is 6.02. The molecule has 6 heteroatoms. The number of methoxy groups -OCH3 is 1. The van der Waals surface area contributed by atoms with E-state index in [1.165, 1.54) is 22.3 Å². The summed E-state index contributed by atoms with van der Waals surface area (Å²) in [5.41, 5.74) is 5.62. The van der Waals surface area contributed by atoms with Crippen molar-refractivity contribution in [2.24, 2.45) is 0 Å². The molecule has 1 fully saturated rings. The molecule has 6 nitrogen and oxygen atoms in total. The summed E-state index contributed by atoms with van der Waals surface area (Å²) in [7, 11) is 1.66. The maximum absolute atomic E-state index is 10.3. The Hall–Kier alpha value is -2.12. The highest BCUT2D eigenvalue weighted by Gasteiger charge is 2.39. The van der Waals surface area contributed by atoms with Gasteiger partial charge in [0, 0.05) is 24.0 Å². The van der Waals surface area contributed by atoms with E-state index in [9.17, 15) is 15.3 Å². The van der Waals surface area contributed by atoms with Crippen molar-refractivity contribution < 1.29 is 29.5 Å². The van der Waals surface area contributed by atoms with Crippen molar-refractivity contribution in [1.82, 2.24) is 0 Å². The van der Waals surface area contributed by atoms with E-state index in [-0.39, 0.29) is 19.1 Å². The van der Waals surface area contributed by atoms with Crippen LogP contribution < -0.4 is 9.47 Å². The topological polar surface area (TPSA) is 88.4 Å². The number of benzene rings is 2. The first-order valence-electron chi connectivity index (χ1n) is 10.5. The minimum absolute atomic E-state index is 0.0708. The van der Waals surface area contributed by atoms with Gasteiger partial charge in [0.2, 0.25) is 0 Å². The molecule has 5 atom stereocenters. The van der Waals surface area contributed by atoms with E-state index in [0.29, 0.717) is 0 Å². The van der Waals surface area contributed by atoms with E-state index in [2.05, 4.69) is 25.1 Å². The molecular formula is C24H30O6. The van der Waals surface area contributed by atoms with Crippen LogP contribution in [0.15, 0.2) is 30.3 Å². The molecule has 0 radical (unpaired) electrons. The summed E-state index contributed by atoms with van der Waals surface area (Å²) in [6.07, 6.45) is -1.41. The van der Waals surface area contributed by atoms with E-state index in [0.717, 1.165) is 29.9 Å². The third-order valence-corrected chi connectivity index (χ3v) is 6.26. The third kappa shape index (κ3) is 3.93. The maximum Gasteiger partial charge on any atom is 0.129 e.